The maximum Gasteiger partial charge on any atom is 0.416 e. The third-order valence-electron chi connectivity index (χ3n) is 6.95. The van der Waals surface area contributed by atoms with E-state index in [0.29, 0.717) is 22.4 Å². The Kier molecular flexibility index (Phi) is 5.27. The highest BCUT2D eigenvalue weighted by Crippen LogP contribution is 2.48. The molecule has 3 heterocycles. The molecule has 0 radical (unpaired) electrons. The summed E-state index contributed by atoms with van der Waals surface area (Å²) in [7, 11) is 0. The minimum atomic E-state index is -2.93. The van der Waals surface area contributed by atoms with E-state index >= 15 is 8.78 Å². The summed E-state index contributed by atoms with van der Waals surface area (Å²) in [4.78, 5) is 27.2. The van der Waals surface area contributed by atoms with Crippen molar-refractivity contribution in [2.24, 2.45) is 5.92 Å². The third-order valence-corrected chi connectivity index (χ3v) is 6.95. The Balaban J connectivity index is 1.38. The summed E-state index contributed by atoms with van der Waals surface area (Å²) in [5, 5.41) is 9.21. The van der Waals surface area contributed by atoms with Gasteiger partial charge in [-0.3, -0.25) is 9.88 Å². The fourth-order valence-corrected chi connectivity index (χ4v) is 4.89. The van der Waals surface area contributed by atoms with Gasteiger partial charge in [-0.15, -0.1) is 0 Å². The second-order valence-corrected chi connectivity index (χ2v) is 10.5. The van der Waals surface area contributed by atoms with Gasteiger partial charge < -0.3 is 9.30 Å². The summed E-state index contributed by atoms with van der Waals surface area (Å²) >= 11 is 0. The molecule has 1 aromatic carbocycles. The van der Waals surface area contributed by atoms with Crippen LogP contribution in [0, 0.1) is 17.2 Å². The van der Waals surface area contributed by atoms with Gasteiger partial charge in [0.25, 0.3) is 5.92 Å². The fraction of sp³-hybridized carbons (Fsp3) is 0.480. The summed E-state index contributed by atoms with van der Waals surface area (Å²) in [6.45, 7) is 6.19. The average Bonchev–Trinajstić information content (AvgIpc) is 3.36. The van der Waals surface area contributed by atoms with E-state index in [0.717, 1.165) is 5.69 Å². The summed E-state index contributed by atoms with van der Waals surface area (Å²) < 4.78 is 37.5. The van der Waals surface area contributed by atoms with E-state index in [1.54, 1.807) is 29.0 Å². The molecule has 1 saturated carbocycles. The van der Waals surface area contributed by atoms with Gasteiger partial charge in [-0.1, -0.05) is 20.8 Å². The monoisotopic (exact) mass is 480 g/mol. The summed E-state index contributed by atoms with van der Waals surface area (Å²) in [5.74, 6) is -3.65. The predicted molar refractivity (Wildman–Crippen MR) is 124 cm³/mol. The highest BCUT2D eigenvalue weighted by molar-refractivity contribution is 5.89. The van der Waals surface area contributed by atoms with E-state index in [2.05, 4.69) is 21.0 Å². The number of carbonyl (C=O) groups excluding carboxylic acids is 1. The van der Waals surface area contributed by atoms with E-state index in [-0.39, 0.29) is 37.8 Å². The fourth-order valence-electron chi connectivity index (χ4n) is 4.89. The SMILES string of the molecule is CC(C)(C)c1cnc(N2CC3(CCC(F)(F)C(Cn4cnc5ccc(C#N)cc54)C3)OC2=O)cn1. The number of benzene rings is 1. The number of rotatable bonds is 3. The first-order chi connectivity index (χ1) is 16.5. The number of aromatic nitrogens is 4. The maximum atomic E-state index is 15.1. The number of hydrogen-bond acceptors (Lipinski definition) is 6. The van der Waals surface area contributed by atoms with Gasteiger partial charge in [0.2, 0.25) is 0 Å². The molecule has 1 aliphatic carbocycles. The third kappa shape index (κ3) is 4.20. The molecule has 2 aliphatic rings. The summed E-state index contributed by atoms with van der Waals surface area (Å²) in [6.07, 6.45) is 3.76. The van der Waals surface area contributed by atoms with Crippen molar-refractivity contribution in [1.29, 1.82) is 5.26 Å². The topological polar surface area (TPSA) is 96.9 Å². The molecule has 10 heteroatoms. The first-order valence-corrected chi connectivity index (χ1v) is 11.6. The van der Waals surface area contributed by atoms with Crippen LogP contribution in [0.2, 0.25) is 0 Å². The van der Waals surface area contributed by atoms with Crippen LogP contribution < -0.4 is 4.90 Å². The van der Waals surface area contributed by atoms with E-state index in [9.17, 15) is 10.1 Å². The van der Waals surface area contributed by atoms with Crippen LogP contribution in [0.25, 0.3) is 11.0 Å². The Bertz CT molecular complexity index is 1320. The molecule has 0 bridgehead atoms. The van der Waals surface area contributed by atoms with Crippen molar-refractivity contribution >= 4 is 22.9 Å². The largest absolute Gasteiger partial charge is 0.441 e. The molecule has 2 unspecified atom stereocenters. The van der Waals surface area contributed by atoms with Gasteiger partial charge in [0.05, 0.1) is 53.6 Å². The number of halogens is 2. The van der Waals surface area contributed by atoms with Gasteiger partial charge in [-0.2, -0.15) is 5.26 Å². The lowest BCUT2D eigenvalue weighted by atomic mass is 9.75. The van der Waals surface area contributed by atoms with Crippen LogP contribution in [0.15, 0.2) is 36.9 Å². The zero-order chi connectivity index (χ0) is 25.0. The predicted octanol–water partition coefficient (Wildman–Crippen LogP) is 4.83. The number of carbonyl (C=O) groups is 1. The molecule has 1 aliphatic heterocycles. The molecule has 182 valence electrons. The summed E-state index contributed by atoms with van der Waals surface area (Å²) in [6, 6.07) is 7.07. The van der Waals surface area contributed by atoms with Crippen molar-refractivity contribution in [3.05, 3.63) is 48.2 Å². The van der Waals surface area contributed by atoms with E-state index in [1.807, 2.05) is 20.8 Å². The van der Waals surface area contributed by atoms with Crippen molar-refractivity contribution < 1.29 is 18.3 Å². The number of hydrogen-bond donors (Lipinski definition) is 0. The zero-order valence-corrected chi connectivity index (χ0v) is 19.8. The lowest BCUT2D eigenvalue weighted by molar-refractivity contribution is -0.139. The van der Waals surface area contributed by atoms with Crippen LogP contribution in [0.4, 0.5) is 19.4 Å². The van der Waals surface area contributed by atoms with Gasteiger partial charge in [-0.05, 0) is 31.0 Å². The number of ether oxygens (including phenoxy) is 1. The van der Waals surface area contributed by atoms with E-state index in [4.69, 9.17) is 4.74 Å². The molecule has 1 saturated heterocycles. The molecule has 0 N–H and O–H groups in total. The lowest BCUT2D eigenvalue weighted by Gasteiger charge is -2.40. The number of nitriles is 1. The molecule has 2 atom stereocenters. The van der Waals surface area contributed by atoms with Crippen molar-refractivity contribution in [1.82, 2.24) is 19.5 Å². The molecule has 3 aromatic rings. The second-order valence-electron chi connectivity index (χ2n) is 10.5. The van der Waals surface area contributed by atoms with Crippen LogP contribution in [-0.4, -0.2) is 43.7 Å². The number of imidazole rings is 1. The Morgan fingerprint density at radius 3 is 2.69 bits per heavy atom. The number of nitrogens with zero attached hydrogens (tertiary/aromatic N) is 6. The van der Waals surface area contributed by atoms with Crippen molar-refractivity contribution in [3.8, 4) is 6.07 Å². The molecule has 1 amide bonds. The molecule has 2 aromatic heterocycles. The Morgan fingerprint density at radius 1 is 1.20 bits per heavy atom. The molecular weight excluding hydrogens is 454 g/mol. The van der Waals surface area contributed by atoms with Gasteiger partial charge in [0.15, 0.2) is 5.82 Å². The second kappa shape index (κ2) is 7.97. The first-order valence-electron chi connectivity index (χ1n) is 11.6. The maximum absolute atomic E-state index is 15.1. The molecular formula is C25H26F2N6O2. The normalized spacial score (nSPS) is 24.1. The number of alkyl halides is 2. The van der Waals surface area contributed by atoms with Crippen LogP contribution in [0.1, 0.15) is 51.3 Å². The van der Waals surface area contributed by atoms with Gasteiger partial charge in [0.1, 0.15) is 5.60 Å². The Morgan fingerprint density at radius 2 is 2.00 bits per heavy atom. The first kappa shape index (κ1) is 23.1. The van der Waals surface area contributed by atoms with Crippen LogP contribution in [-0.2, 0) is 16.7 Å². The summed E-state index contributed by atoms with van der Waals surface area (Å²) in [5.41, 5.74) is 1.26. The smallest absolute Gasteiger partial charge is 0.416 e. The molecule has 5 rings (SSSR count). The van der Waals surface area contributed by atoms with Crippen LogP contribution in [0.5, 0.6) is 0 Å². The minimum absolute atomic E-state index is 0.00221. The number of amides is 1. The number of anilines is 1. The standard InChI is InChI=1S/C25H26F2N6O2/c1-23(2,3)20-11-30-21(12-29-20)33-14-24(35-22(33)34)6-7-25(26,27)17(9-24)13-32-15-31-18-5-4-16(10-28)8-19(18)32/h4-5,8,11-12,15,17H,6-7,9,13-14H2,1-3H3. The van der Waals surface area contributed by atoms with E-state index in [1.165, 1.54) is 17.4 Å². The zero-order valence-electron chi connectivity index (χ0n) is 19.8. The molecule has 1 spiro atoms. The van der Waals surface area contributed by atoms with Crippen LogP contribution >= 0.6 is 0 Å². The quantitative estimate of drug-likeness (QED) is 0.533. The van der Waals surface area contributed by atoms with E-state index < -0.39 is 23.5 Å². The van der Waals surface area contributed by atoms with Gasteiger partial charge in [-0.25, -0.2) is 23.5 Å². The van der Waals surface area contributed by atoms with Crippen molar-refractivity contribution in [3.63, 3.8) is 0 Å². The van der Waals surface area contributed by atoms with Crippen LogP contribution in [0.3, 0.4) is 0 Å². The average molecular weight is 481 g/mol. The Hall–Kier alpha value is -3.61. The van der Waals surface area contributed by atoms with Crippen molar-refractivity contribution in [2.75, 3.05) is 11.4 Å². The molecule has 35 heavy (non-hydrogen) atoms. The Labute approximate surface area is 201 Å². The molecule has 2 fully saturated rings. The van der Waals surface area contributed by atoms with Gasteiger partial charge in [0, 0.05) is 24.3 Å². The minimum Gasteiger partial charge on any atom is -0.441 e. The van der Waals surface area contributed by atoms with Crippen molar-refractivity contribution in [2.45, 2.75) is 63.5 Å². The lowest BCUT2D eigenvalue weighted by Crippen LogP contribution is -2.48. The number of fused-ring (bicyclic) bond motifs is 1. The van der Waals surface area contributed by atoms with Gasteiger partial charge >= 0.3 is 6.09 Å². The highest BCUT2D eigenvalue weighted by atomic mass is 19.3. The molecule has 8 nitrogen and oxygen atoms in total. The highest BCUT2D eigenvalue weighted by Gasteiger charge is 2.56.